The van der Waals surface area contributed by atoms with E-state index < -0.39 is 26.6 Å². The maximum Gasteiger partial charge on any atom is 0.273 e. The molecule has 1 aromatic heterocycles. The number of ether oxygens (including phenoxy) is 1. The first-order chi connectivity index (χ1) is 14.9. The van der Waals surface area contributed by atoms with Gasteiger partial charge in [0.2, 0.25) is 5.88 Å². The molecule has 0 fully saturated rings. The molecule has 0 atom stereocenters. The van der Waals surface area contributed by atoms with Crippen molar-refractivity contribution in [2.45, 2.75) is 11.8 Å². The molecule has 1 heterocycles. The zero-order chi connectivity index (χ0) is 22.2. The highest BCUT2D eigenvalue weighted by Crippen LogP contribution is 2.45. The van der Waals surface area contributed by atoms with Crippen molar-refractivity contribution in [1.82, 2.24) is 3.97 Å². The highest BCUT2D eigenvalue weighted by molar-refractivity contribution is 7.90. The van der Waals surface area contributed by atoms with E-state index in [2.05, 4.69) is 0 Å². The van der Waals surface area contributed by atoms with Crippen LogP contribution in [-0.2, 0) is 10.0 Å². The molecule has 0 radical (unpaired) electrons. The molecule has 31 heavy (non-hydrogen) atoms. The molecule has 0 saturated carbocycles. The number of nitrogens with zero attached hydrogens (tertiary/aromatic N) is 2. The molecule has 4 rings (SSSR count). The number of nitriles is 1. The van der Waals surface area contributed by atoms with Crippen LogP contribution < -0.4 is 4.74 Å². The van der Waals surface area contributed by atoms with Crippen molar-refractivity contribution in [2.75, 3.05) is 6.61 Å². The molecule has 3 aromatic carbocycles. The first-order valence-electron chi connectivity index (χ1n) is 9.40. The summed E-state index contributed by atoms with van der Waals surface area (Å²) in [6.45, 7) is 2.16. The van der Waals surface area contributed by atoms with Crippen LogP contribution in [0.25, 0.3) is 22.0 Å². The van der Waals surface area contributed by atoms with E-state index in [4.69, 9.17) is 4.74 Å². The second-order valence-electron chi connectivity index (χ2n) is 6.67. The van der Waals surface area contributed by atoms with Crippen molar-refractivity contribution >= 4 is 20.9 Å². The summed E-state index contributed by atoms with van der Waals surface area (Å²) in [7, 11) is -4.49. The Labute approximate surface area is 178 Å². The fourth-order valence-corrected chi connectivity index (χ4v) is 5.03. The SMILES string of the molecule is CCOc1ccccc1-c1c(O)n(S(=O)(=O)c2ccccc2F)c2ccc(C#N)cc12. The van der Waals surface area contributed by atoms with E-state index in [1.54, 1.807) is 31.2 Å². The second-order valence-corrected chi connectivity index (χ2v) is 8.43. The fourth-order valence-electron chi connectivity index (χ4n) is 3.53. The third-order valence-corrected chi connectivity index (χ3v) is 6.58. The fraction of sp³-hybridized carbons (Fsp3) is 0.0870. The highest BCUT2D eigenvalue weighted by atomic mass is 32.2. The van der Waals surface area contributed by atoms with Crippen molar-refractivity contribution in [1.29, 1.82) is 5.26 Å². The van der Waals surface area contributed by atoms with E-state index in [1.165, 1.54) is 30.3 Å². The number of hydrogen-bond donors (Lipinski definition) is 1. The number of para-hydroxylation sites is 1. The number of fused-ring (bicyclic) bond motifs is 1. The Morgan fingerprint density at radius 3 is 2.52 bits per heavy atom. The Morgan fingerprint density at radius 1 is 1.10 bits per heavy atom. The van der Waals surface area contributed by atoms with Gasteiger partial charge in [0.1, 0.15) is 16.5 Å². The van der Waals surface area contributed by atoms with Gasteiger partial charge in [0.15, 0.2) is 0 Å². The van der Waals surface area contributed by atoms with Gasteiger partial charge < -0.3 is 9.84 Å². The number of halogens is 1. The van der Waals surface area contributed by atoms with Crippen LogP contribution in [0.1, 0.15) is 12.5 Å². The first kappa shape index (κ1) is 20.4. The topological polar surface area (TPSA) is 92.3 Å². The maximum absolute atomic E-state index is 14.4. The lowest BCUT2D eigenvalue weighted by Crippen LogP contribution is -2.14. The average Bonchev–Trinajstić information content (AvgIpc) is 3.06. The van der Waals surface area contributed by atoms with Crippen molar-refractivity contribution < 1.29 is 22.7 Å². The number of rotatable bonds is 5. The van der Waals surface area contributed by atoms with Crippen molar-refractivity contribution in [3.63, 3.8) is 0 Å². The summed E-state index contributed by atoms with van der Waals surface area (Å²) in [4.78, 5) is -0.573. The number of aromatic nitrogens is 1. The molecule has 0 saturated heterocycles. The van der Waals surface area contributed by atoms with Crippen molar-refractivity contribution in [2.24, 2.45) is 0 Å². The molecule has 156 valence electrons. The van der Waals surface area contributed by atoms with E-state index in [-0.39, 0.29) is 16.6 Å². The van der Waals surface area contributed by atoms with Crippen molar-refractivity contribution in [3.8, 4) is 28.8 Å². The molecule has 0 aliphatic heterocycles. The van der Waals surface area contributed by atoms with Crippen LogP contribution in [0.4, 0.5) is 4.39 Å². The molecule has 0 amide bonds. The van der Waals surface area contributed by atoms with Crippen LogP contribution >= 0.6 is 0 Å². The van der Waals surface area contributed by atoms with Gasteiger partial charge >= 0.3 is 0 Å². The lowest BCUT2D eigenvalue weighted by Gasteiger charge is -2.11. The van der Waals surface area contributed by atoms with Crippen LogP contribution in [0.2, 0.25) is 0 Å². The molecule has 1 N–H and O–H groups in total. The summed E-state index contributed by atoms with van der Waals surface area (Å²) in [6.07, 6.45) is 0. The summed E-state index contributed by atoms with van der Waals surface area (Å²) in [5.74, 6) is -1.10. The number of hydrogen-bond acceptors (Lipinski definition) is 5. The van der Waals surface area contributed by atoms with Crippen LogP contribution in [0.3, 0.4) is 0 Å². The Bertz CT molecular complexity index is 1450. The molecule has 0 bridgehead atoms. The molecule has 8 heteroatoms. The standard InChI is InChI=1S/C23H17FN2O4S/c1-2-30-20-9-5-3-7-16(20)22-17-13-15(14-25)11-12-19(17)26(23(22)27)31(28,29)21-10-6-4-8-18(21)24/h3-13,27H,2H2,1H3. The summed E-state index contributed by atoms with van der Waals surface area (Å²) >= 11 is 0. The van der Waals surface area contributed by atoms with Gasteiger partial charge in [-0.05, 0) is 43.3 Å². The molecule has 0 spiro atoms. The Morgan fingerprint density at radius 2 is 1.81 bits per heavy atom. The van der Waals surface area contributed by atoms with Crippen molar-refractivity contribution in [3.05, 3.63) is 78.1 Å². The Balaban J connectivity index is 2.12. The third-order valence-electron chi connectivity index (χ3n) is 4.84. The summed E-state index contributed by atoms with van der Waals surface area (Å²) in [5.41, 5.74) is 1.02. The van der Waals surface area contributed by atoms with Gasteiger partial charge in [0, 0.05) is 10.9 Å². The van der Waals surface area contributed by atoms with Gasteiger partial charge in [-0.1, -0.05) is 30.3 Å². The number of benzene rings is 3. The van der Waals surface area contributed by atoms with Gasteiger partial charge in [-0.25, -0.2) is 16.8 Å². The molecule has 6 nitrogen and oxygen atoms in total. The molecular weight excluding hydrogens is 419 g/mol. The quantitative estimate of drug-likeness (QED) is 0.491. The Hall–Kier alpha value is -3.83. The molecular formula is C23H17FN2O4S. The van der Waals surface area contributed by atoms with Crippen LogP contribution in [-0.4, -0.2) is 24.1 Å². The normalized spacial score (nSPS) is 11.4. The zero-order valence-corrected chi connectivity index (χ0v) is 17.2. The van der Waals surface area contributed by atoms with E-state index in [0.29, 0.717) is 27.3 Å². The average molecular weight is 436 g/mol. The van der Waals surface area contributed by atoms with Crippen LogP contribution in [0, 0.1) is 17.1 Å². The minimum atomic E-state index is -4.49. The molecule has 0 aliphatic rings. The van der Waals surface area contributed by atoms with Gasteiger partial charge in [-0.15, -0.1) is 0 Å². The number of aromatic hydroxyl groups is 1. The summed E-state index contributed by atoms with van der Waals surface area (Å²) < 4.78 is 47.5. The van der Waals surface area contributed by atoms with Gasteiger partial charge in [-0.2, -0.15) is 5.26 Å². The van der Waals surface area contributed by atoms with E-state index in [1.807, 2.05) is 6.07 Å². The lowest BCUT2D eigenvalue weighted by atomic mass is 10.0. The largest absolute Gasteiger partial charge is 0.493 e. The Kier molecular flexibility index (Phi) is 5.13. The van der Waals surface area contributed by atoms with E-state index in [0.717, 1.165) is 12.1 Å². The molecule has 0 aliphatic carbocycles. The van der Waals surface area contributed by atoms with Crippen LogP contribution in [0.5, 0.6) is 11.6 Å². The minimum Gasteiger partial charge on any atom is -0.493 e. The van der Waals surface area contributed by atoms with Gasteiger partial charge in [0.25, 0.3) is 10.0 Å². The first-order valence-corrected chi connectivity index (χ1v) is 10.8. The molecule has 0 unspecified atom stereocenters. The highest BCUT2D eigenvalue weighted by Gasteiger charge is 2.30. The molecule has 4 aromatic rings. The lowest BCUT2D eigenvalue weighted by molar-refractivity contribution is 0.341. The monoisotopic (exact) mass is 436 g/mol. The predicted octanol–water partition coefficient (Wildman–Crippen LogP) is 4.66. The predicted molar refractivity (Wildman–Crippen MR) is 114 cm³/mol. The summed E-state index contributed by atoms with van der Waals surface area (Å²) in [5, 5.41) is 20.8. The third kappa shape index (κ3) is 3.29. The smallest absolute Gasteiger partial charge is 0.273 e. The zero-order valence-electron chi connectivity index (χ0n) is 16.4. The van der Waals surface area contributed by atoms with E-state index in [9.17, 15) is 23.2 Å². The van der Waals surface area contributed by atoms with Gasteiger partial charge in [-0.3, -0.25) is 0 Å². The van der Waals surface area contributed by atoms with Crippen LogP contribution in [0.15, 0.2) is 71.6 Å². The van der Waals surface area contributed by atoms with E-state index >= 15 is 0 Å². The maximum atomic E-state index is 14.4. The second kappa shape index (κ2) is 7.78. The minimum absolute atomic E-state index is 0.112. The summed E-state index contributed by atoms with van der Waals surface area (Å²) in [6, 6.07) is 18.2. The van der Waals surface area contributed by atoms with Gasteiger partial charge in [0.05, 0.1) is 29.3 Å².